The van der Waals surface area contributed by atoms with Crippen LogP contribution in [0.4, 0.5) is 9.80 Å². The Morgan fingerprint density at radius 3 is 2.90 bits per heavy atom. The minimum Gasteiger partial charge on any atom is -0.391 e. The Labute approximate surface area is 182 Å². The van der Waals surface area contributed by atoms with Gasteiger partial charge in [0.05, 0.1) is 12.1 Å². The van der Waals surface area contributed by atoms with Crippen molar-refractivity contribution >= 4 is 34.4 Å². The first-order valence-corrected chi connectivity index (χ1v) is 10.3. The van der Waals surface area contributed by atoms with E-state index in [9.17, 15) is 14.9 Å². The van der Waals surface area contributed by atoms with E-state index in [4.69, 9.17) is 4.74 Å². The second-order valence-corrected chi connectivity index (χ2v) is 7.74. The quantitative estimate of drug-likeness (QED) is 0.632. The van der Waals surface area contributed by atoms with Gasteiger partial charge in [-0.15, -0.1) is 11.3 Å². The van der Waals surface area contributed by atoms with Gasteiger partial charge in [-0.25, -0.2) is 9.78 Å². The number of carbonyl (C=O) groups excluding carboxylic acids is 2. The van der Waals surface area contributed by atoms with E-state index < -0.39 is 6.09 Å². The number of nitriles is 1. The lowest BCUT2D eigenvalue weighted by Crippen LogP contribution is -2.37. The third-order valence-electron chi connectivity index (χ3n) is 4.60. The zero-order valence-corrected chi connectivity index (χ0v) is 17.1. The van der Waals surface area contributed by atoms with Crippen LogP contribution in [-0.2, 0) is 17.8 Å². The summed E-state index contributed by atoms with van der Waals surface area (Å²) in [6.07, 6.45) is 7.90. The molecule has 3 aromatic heterocycles. The molecule has 0 unspecified atom stereocenters. The largest absolute Gasteiger partial charge is 0.416 e. The van der Waals surface area contributed by atoms with Gasteiger partial charge in [-0.05, 0) is 35.8 Å². The normalized spacial score (nSPS) is 12.8. The molecule has 9 heteroatoms. The molecule has 4 heterocycles. The Morgan fingerprint density at radius 2 is 2.16 bits per heavy atom. The summed E-state index contributed by atoms with van der Waals surface area (Å²) in [5.41, 5.74) is 2.10. The molecule has 1 N–H and O–H groups in total. The molecule has 0 saturated carbocycles. The average Bonchev–Trinajstić information content (AvgIpc) is 3.15. The number of rotatable bonds is 4. The van der Waals surface area contributed by atoms with Gasteiger partial charge in [-0.1, -0.05) is 12.1 Å². The molecule has 0 spiro atoms. The molecule has 0 fully saturated rings. The van der Waals surface area contributed by atoms with Gasteiger partial charge in [0.25, 0.3) is 0 Å². The molecule has 2 amide bonds. The summed E-state index contributed by atoms with van der Waals surface area (Å²) < 4.78 is 5.30. The SMILES string of the molecule is N#Cc1c(NC(=O)/C=C/c2cccnc2)sc2c1CCN(C(=O)Oc1ccccn1)C2. The summed E-state index contributed by atoms with van der Waals surface area (Å²) in [5, 5.41) is 12.9. The second kappa shape index (κ2) is 9.19. The Bertz CT molecular complexity index is 1170. The van der Waals surface area contributed by atoms with Gasteiger partial charge in [-0.3, -0.25) is 9.78 Å². The zero-order valence-electron chi connectivity index (χ0n) is 16.3. The third-order valence-corrected chi connectivity index (χ3v) is 5.74. The van der Waals surface area contributed by atoms with E-state index in [1.807, 2.05) is 6.07 Å². The van der Waals surface area contributed by atoms with Crippen LogP contribution in [0, 0.1) is 11.3 Å². The van der Waals surface area contributed by atoms with Crippen LogP contribution in [0.15, 0.2) is 55.0 Å². The average molecular weight is 431 g/mol. The first-order chi connectivity index (χ1) is 15.1. The van der Waals surface area contributed by atoms with Crippen LogP contribution < -0.4 is 10.1 Å². The van der Waals surface area contributed by atoms with Gasteiger partial charge in [0, 0.05) is 42.2 Å². The van der Waals surface area contributed by atoms with E-state index in [0.29, 0.717) is 30.1 Å². The molecule has 0 atom stereocenters. The smallest absolute Gasteiger partial charge is 0.391 e. The molecule has 3 aromatic rings. The van der Waals surface area contributed by atoms with E-state index >= 15 is 0 Å². The highest BCUT2D eigenvalue weighted by Crippen LogP contribution is 2.36. The molecular weight excluding hydrogens is 414 g/mol. The van der Waals surface area contributed by atoms with E-state index in [0.717, 1.165) is 16.0 Å². The number of hydrogen-bond donors (Lipinski definition) is 1. The minimum atomic E-state index is -0.499. The monoisotopic (exact) mass is 431 g/mol. The van der Waals surface area contributed by atoms with Crippen molar-refractivity contribution in [3.8, 4) is 11.9 Å². The highest BCUT2D eigenvalue weighted by atomic mass is 32.1. The van der Waals surface area contributed by atoms with Crippen molar-refractivity contribution in [1.82, 2.24) is 14.9 Å². The number of nitrogens with zero attached hydrogens (tertiary/aromatic N) is 4. The van der Waals surface area contributed by atoms with Crippen molar-refractivity contribution in [1.29, 1.82) is 5.26 Å². The number of aromatic nitrogens is 2. The van der Waals surface area contributed by atoms with Gasteiger partial charge in [-0.2, -0.15) is 5.26 Å². The summed E-state index contributed by atoms with van der Waals surface area (Å²) in [4.78, 5) is 35.2. The van der Waals surface area contributed by atoms with Crippen molar-refractivity contribution in [3.63, 3.8) is 0 Å². The minimum absolute atomic E-state index is 0.232. The van der Waals surface area contributed by atoms with Gasteiger partial charge < -0.3 is 15.0 Å². The zero-order chi connectivity index (χ0) is 21.6. The Morgan fingerprint density at radius 1 is 1.26 bits per heavy atom. The summed E-state index contributed by atoms with van der Waals surface area (Å²) in [6, 6.07) is 10.9. The van der Waals surface area contributed by atoms with Crippen LogP contribution >= 0.6 is 11.3 Å². The lowest BCUT2D eigenvalue weighted by Gasteiger charge is -2.25. The van der Waals surface area contributed by atoms with E-state index in [1.165, 1.54) is 17.4 Å². The van der Waals surface area contributed by atoms with Crippen molar-refractivity contribution in [2.75, 3.05) is 11.9 Å². The Balaban J connectivity index is 1.45. The number of hydrogen-bond acceptors (Lipinski definition) is 7. The third kappa shape index (κ3) is 4.76. The van der Waals surface area contributed by atoms with Crippen molar-refractivity contribution in [2.24, 2.45) is 0 Å². The molecule has 1 aliphatic heterocycles. The highest BCUT2D eigenvalue weighted by molar-refractivity contribution is 7.16. The fourth-order valence-corrected chi connectivity index (χ4v) is 4.34. The van der Waals surface area contributed by atoms with E-state index in [1.54, 1.807) is 53.8 Å². The fraction of sp³-hybridized carbons (Fsp3) is 0.136. The van der Waals surface area contributed by atoms with Crippen LogP contribution in [0.5, 0.6) is 5.88 Å². The maximum Gasteiger partial charge on any atom is 0.416 e. The second-order valence-electron chi connectivity index (χ2n) is 6.64. The molecule has 8 nitrogen and oxygen atoms in total. The number of amides is 2. The molecule has 4 rings (SSSR count). The number of thiophene rings is 1. The first-order valence-electron chi connectivity index (χ1n) is 9.45. The van der Waals surface area contributed by atoms with Crippen LogP contribution in [0.2, 0.25) is 0 Å². The lowest BCUT2D eigenvalue weighted by atomic mass is 10.0. The van der Waals surface area contributed by atoms with Crippen LogP contribution in [0.25, 0.3) is 6.08 Å². The molecule has 154 valence electrons. The number of anilines is 1. The van der Waals surface area contributed by atoms with Gasteiger partial charge >= 0.3 is 6.09 Å². The van der Waals surface area contributed by atoms with Crippen molar-refractivity contribution in [3.05, 3.63) is 76.6 Å². The molecular formula is C22H17N5O3S. The van der Waals surface area contributed by atoms with Crippen LogP contribution in [-0.4, -0.2) is 33.4 Å². The van der Waals surface area contributed by atoms with Gasteiger partial charge in [0.1, 0.15) is 11.1 Å². The molecule has 31 heavy (non-hydrogen) atoms. The molecule has 0 saturated heterocycles. The summed E-state index contributed by atoms with van der Waals surface area (Å²) in [7, 11) is 0. The molecule has 0 aromatic carbocycles. The predicted molar refractivity (Wildman–Crippen MR) is 115 cm³/mol. The number of fused-ring (bicyclic) bond motifs is 1. The van der Waals surface area contributed by atoms with E-state index in [-0.39, 0.29) is 11.8 Å². The Hall–Kier alpha value is -4.03. The van der Waals surface area contributed by atoms with Gasteiger partial charge in [0.2, 0.25) is 11.8 Å². The number of pyridine rings is 2. The maximum absolute atomic E-state index is 12.5. The highest BCUT2D eigenvalue weighted by Gasteiger charge is 2.28. The van der Waals surface area contributed by atoms with Gasteiger partial charge in [0.15, 0.2) is 0 Å². The number of nitrogens with one attached hydrogen (secondary N) is 1. The topological polar surface area (TPSA) is 108 Å². The molecule has 1 aliphatic rings. The number of carbonyl (C=O) groups is 2. The molecule has 0 radical (unpaired) electrons. The Kier molecular flexibility index (Phi) is 6.01. The summed E-state index contributed by atoms with van der Waals surface area (Å²) >= 11 is 1.30. The summed E-state index contributed by atoms with van der Waals surface area (Å²) in [5.74, 6) is -0.110. The lowest BCUT2D eigenvalue weighted by molar-refractivity contribution is -0.111. The number of ether oxygens (including phenoxy) is 1. The summed E-state index contributed by atoms with van der Waals surface area (Å²) in [6.45, 7) is 0.722. The standard InChI is InChI=1S/C22H17N5O3S/c23-12-17-16-8-11-27(22(29)30-20-5-1-2-10-25-20)14-18(16)31-21(17)26-19(28)7-6-15-4-3-9-24-13-15/h1-7,9-10,13H,8,11,14H2,(H,26,28)/b7-6+. The van der Waals surface area contributed by atoms with Crippen molar-refractivity contribution < 1.29 is 14.3 Å². The molecule has 0 bridgehead atoms. The van der Waals surface area contributed by atoms with Crippen LogP contribution in [0.1, 0.15) is 21.6 Å². The van der Waals surface area contributed by atoms with Crippen molar-refractivity contribution in [2.45, 2.75) is 13.0 Å². The first kappa shape index (κ1) is 20.3. The maximum atomic E-state index is 12.5. The fourth-order valence-electron chi connectivity index (χ4n) is 3.13. The molecule has 0 aliphatic carbocycles. The van der Waals surface area contributed by atoms with Crippen LogP contribution in [0.3, 0.4) is 0 Å². The predicted octanol–water partition coefficient (Wildman–Crippen LogP) is 3.62. The van der Waals surface area contributed by atoms with E-state index in [2.05, 4.69) is 21.4 Å².